The third-order valence-corrected chi connectivity index (χ3v) is 5.14. The third kappa shape index (κ3) is 4.35. The molecular weight excluding hydrogens is 302 g/mol. The molecule has 0 radical (unpaired) electrons. The molecule has 1 aromatic rings. The molecule has 1 aliphatic carbocycles. The highest BCUT2D eigenvalue weighted by molar-refractivity contribution is 5.88. The molecule has 1 N–H and O–H groups in total. The summed E-state index contributed by atoms with van der Waals surface area (Å²) in [5.74, 6) is 0.118. The molecule has 0 bridgehead atoms. The zero-order valence-corrected chi connectivity index (χ0v) is 14.5. The number of hydrogen-bond donors (Lipinski definition) is 1. The molecule has 2 fully saturated rings. The van der Waals surface area contributed by atoms with Crippen LogP contribution in [0.1, 0.15) is 38.2 Å². The summed E-state index contributed by atoms with van der Waals surface area (Å²) in [5, 5.41) is 2.74. The first kappa shape index (κ1) is 17.0. The van der Waals surface area contributed by atoms with Crippen molar-refractivity contribution in [3.05, 3.63) is 29.8 Å². The summed E-state index contributed by atoms with van der Waals surface area (Å²) in [6.45, 7) is 5.21. The van der Waals surface area contributed by atoms with E-state index in [1.54, 1.807) is 0 Å². The molecule has 2 aliphatic rings. The lowest BCUT2D eigenvalue weighted by Crippen LogP contribution is -2.51. The van der Waals surface area contributed by atoms with Gasteiger partial charge in [-0.1, -0.05) is 25.0 Å². The van der Waals surface area contributed by atoms with E-state index in [0.717, 1.165) is 43.5 Å². The molecule has 0 unspecified atom stereocenters. The van der Waals surface area contributed by atoms with Gasteiger partial charge in [0.2, 0.25) is 11.8 Å². The largest absolute Gasteiger partial charge is 0.340 e. The van der Waals surface area contributed by atoms with Crippen LogP contribution in [-0.4, -0.2) is 53.8 Å². The number of anilines is 1. The Balaban J connectivity index is 1.47. The number of nitrogens with one attached hydrogen (secondary N) is 1. The molecule has 5 heteroatoms. The average Bonchev–Trinajstić information content (AvgIpc) is 3.11. The minimum Gasteiger partial charge on any atom is -0.340 e. The van der Waals surface area contributed by atoms with Crippen molar-refractivity contribution in [1.29, 1.82) is 0 Å². The van der Waals surface area contributed by atoms with Crippen LogP contribution in [0.4, 0.5) is 5.69 Å². The van der Waals surface area contributed by atoms with E-state index in [-0.39, 0.29) is 11.8 Å². The van der Waals surface area contributed by atoms with Gasteiger partial charge in [0.05, 0.1) is 6.42 Å². The molecule has 0 spiro atoms. The predicted molar refractivity (Wildman–Crippen MR) is 94.9 cm³/mol. The quantitative estimate of drug-likeness (QED) is 0.922. The molecule has 130 valence electrons. The standard InChI is InChI=1S/C19H27N3O2/c1-15(23)20-17-8-6-16(7-9-17)14-19(24)22-12-10-21(11-13-22)18-4-2-3-5-18/h6-9,18H,2-5,10-14H2,1H3,(H,20,23). The second kappa shape index (κ2) is 7.79. The minimum absolute atomic E-state index is 0.0843. The van der Waals surface area contributed by atoms with E-state index in [4.69, 9.17) is 0 Å². The Labute approximate surface area is 144 Å². The van der Waals surface area contributed by atoms with E-state index < -0.39 is 0 Å². The van der Waals surface area contributed by atoms with Crippen molar-refractivity contribution in [3.63, 3.8) is 0 Å². The molecule has 2 amide bonds. The summed E-state index contributed by atoms with van der Waals surface area (Å²) in [6, 6.07) is 8.28. The van der Waals surface area contributed by atoms with Crippen LogP contribution in [0, 0.1) is 0 Å². The van der Waals surface area contributed by atoms with Gasteiger partial charge >= 0.3 is 0 Å². The highest BCUT2D eigenvalue weighted by Gasteiger charge is 2.27. The molecule has 24 heavy (non-hydrogen) atoms. The Morgan fingerprint density at radius 1 is 1.04 bits per heavy atom. The smallest absolute Gasteiger partial charge is 0.227 e. The summed E-state index contributed by atoms with van der Waals surface area (Å²) in [6.07, 6.45) is 5.81. The summed E-state index contributed by atoms with van der Waals surface area (Å²) in [7, 11) is 0. The Bertz CT molecular complexity index is 571. The van der Waals surface area contributed by atoms with Crippen LogP contribution in [-0.2, 0) is 16.0 Å². The Morgan fingerprint density at radius 2 is 1.67 bits per heavy atom. The van der Waals surface area contributed by atoms with Gasteiger partial charge in [-0.2, -0.15) is 0 Å². The molecule has 5 nitrogen and oxygen atoms in total. The van der Waals surface area contributed by atoms with E-state index in [0.29, 0.717) is 6.42 Å². The minimum atomic E-state index is -0.0843. The number of hydrogen-bond acceptors (Lipinski definition) is 3. The average molecular weight is 329 g/mol. The van der Waals surface area contributed by atoms with Crippen LogP contribution >= 0.6 is 0 Å². The summed E-state index contributed by atoms with van der Waals surface area (Å²) >= 11 is 0. The summed E-state index contributed by atoms with van der Waals surface area (Å²) in [5.41, 5.74) is 1.76. The van der Waals surface area contributed by atoms with Crippen LogP contribution in [0.2, 0.25) is 0 Å². The Morgan fingerprint density at radius 3 is 2.25 bits per heavy atom. The molecule has 1 heterocycles. The van der Waals surface area contributed by atoms with Crippen molar-refractivity contribution < 1.29 is 9.59 Å². The first-order valence-corrected chi connectivity index (χ1v) is 9.00. The molecule has 1 saturated heterocycles. The van der Waals surface area contributed by atoms with Gasteiger partial charge in [-0.25, -0.2) is 0 Å². The van der Waals surface area contributed by atoms with Crippen LogP contribution in [0.5, 0.6) is 0 Å². The Kier molecular flexibility index (Phi) is 5.51. The van der Waals surface area contributed by atoms with Crippen molar-refractivity contribution in [2.75, 3.05) is 31.5 Å². The van der Waals surface area contributed by atoms with Gasteiger partial charge in [-0.3, -0.25) is 14.5 Å². The molecular formula is C19H27N3O2. The van der Waals surface area contributed by atoms with Gasteiger partial charge in [-0.05, 0) is 30.5 Å². The molecule has 3 rings (SSSR count). The first-order chi connectivity index (χ1) is 11.6. The van der Waals surface area contributed by atoms with E-state index in [1.807, 2.05) is 29.2 Å². The van der Waals surface area contributed by atoms with Crippen molar-refractivity contribution in [1.82, 2.24) is 9.80 Å². The number of nitrogens with zero attached hydrogens (tertiary/aromatic N) is 2. The highest BCUT2D eigenvalue weighted by Crippen LogP contribution is 2.24. The number of benzene rings is 1. The molecule has 1 aliphatic heterocycles. The van der Waals surface area contributed by atoms with E-state index >= 15 is 0 Å². The highest BCUT2D eigenvalue weighted by atomic mass is 16.2. The molecule has 0 atom stereocenters. The van der Waals surface area contributed by atoms with Crippen LogP contribution in [0.15, 0.2) is 24.3 Å². The fourth-order valence-corrected chi connectivity index (χ4v) is 3.80. The number of rotatable bonds is 4. The van der Waals surface area contributed by atoms with E-state index in [9.17, 15) is 9.59 Å². The Hall–Kier alpha value is -1.88. The van der Waals surface area contributed by atoms with Crippen molar-refractivity contribution >= 4 is 17.5 Å². The van der Waals surface area contributed by atoms with Crippen molar-refractivity contribution in [3.8, 4) is 0 Å². The second-order valence-corrected chi connectivity index (χ2v) is 6.91. The van der Waals surface area contributed by atoms with Crippen LogP contribution < -0.4 is 5.32 Å². The van der Waals surface area contributed by atoms with E-state index in [1.165, 1.54) is 32.6 Å². The van der Waals surface area contributed by atoms with Crippen LogP contribution in [0.3, 0.4) is 0 Å². The normalized spacial score (nSPS) is 19.5. The topological polar surface area (TPSA) is 52.7 Å². The van der Waals surface area contributed by atoms with Crippen molar-refractivity contribution in [2.24, 2.45) is 0 Å². The monoisotopic (exact) mass is 329 g/mol. The number of carbonyl (C=O) groups is 2. The molecule has 1 saturated carbocycles. The summed E-state index contributed by atoms with van der Waals surface area (Å²) in [4.78, 5) is 28.1. The van der Waals surface area contributed by atoms with Gasteiger partial charge in [0.25, 0.3) is 0 Å². The molecule has 0 aromatic heterocycles. The number of piperazine rings is 1. The lowest BCUT2D eigenvalue weighted by atomic mass is 10.1. The fourth-order valence-electron chi connectivity index (χ4n) is 3.80. The zero-order valence-electron chi connectivity index (χ0n) is 14.5. The zero-order chi connectivity index (χ0) is 16.9. The van der Waals surface area contributed by atoms with Gasteiger partial charge in [0.15, 0.2) is 0 Å². The lowest BCUT2D eigenvalue weighted by Gasteiger charge is -2.38. The maximum Gasteiger partial charge on any atom is 0.227 e. The van der Waals surface area contributed by atoms with Gasteiger partial charge in [0, 0.05) is 44.8 Å². The van der Waals surface area contributed by atoms with Gasteiger partial charge < -0.3 is 10.2 Å². The maximum atomic E-state index is 12.5. The fraction of sp³-hybridized carbons (Fsp3) is 0.579. The van der Waals surface area contributed by atoms with Gasteiger partial charge in [-0.15, -0.1) is 0 Å². The first-order valence-electron chi connectivity index (χ1n) is 9.00. The lowest BCUT2D eigenvalue weighted by molar-refractivity contribution is -0.132. The van der Waals surface area contributed by atoms with E-state index in [2.05, 4.69) is 10.2 Å². The van der Waals surface area contributed by atoms with Crippen molar-refractivity contribution in [2.45, 2.75) is 45.1 Å². The number of carbonyl (C=O) groups excluding carboxylic acids is 2. The SMILES string of the molecule is CC(=O)Nc1ccc(CC(=O)N2CCN(C3CCCC3)CC2)cc1. The second-order valence-electron chi connectivity index (χ2n) is 6.91. The summed E-state index contributed by atoms with van der Waals surface area (Å²) < 4.78 is 0. The van der Waals surface area contributed by atoms with Crippen LogP contribution in [0.25, 0.3) is 0 Å². The predicted octanol–water partition coefficient (Wildman–Crippen LogP) is 2.27. The third-order valence-electron chi connectivity index (χ3n) is 5.14. The maximum absolute atomic E-state index is 12.5. The van der Waals surface area contributed by atoms with Gasteiger partial charge in [0.1, 0.15) is 0 Å². The number of amides is 2. The molecule has 1 aromatic carbocycles.